The lowest BCUT2D eigenvalue weighted by Crippen LogP contribution is -2.69. The van der Waals surface area contributed by atoms with E-state index in [-0.39, 0.29) is 81.1 Å². The summed E-state index contributed by atoms with van der Waals surface area (Å²) in [7, 11) is -7.74. The quantitative estimate of drug-likeness (QED) is 0.0275. The fourth-order valence-electron chi connectivity index (χ4n) is 12.6. The van der Waals surface area contributed by atoms with Crippen LogP contribution in [0.5, 0.6) is 0 Å². The molecule has 6 rings (SSSR count). The van der Waals surface area contributed by atoms with Gasteiger partial charge in [0.15, 0.2) is 25.0 Å². The van der Waals surface area contributed by atoms with Crippen molar-refractivity contribution in [1.82, 2.24) is 0 Å². The normalized spacial score (nSPS) is 32.4. The number of rotatable bonds is 27. The SMILES string of the molecule is C=C(C)[C@H](C)C[C@H]1CC[C@@H]2OC(CCC(/C=C/[C@H](O[Si](C)(C)C(C)(C)C)[C@@H]3O[C@H]4CC[C@H](CC(=O)C[C@@H]5[C@@H](C)[C@@H](C[C@H](C)CC)O[C@H]5CCC)O[C@@H]4[C@H](O[Si](C)(C)C(C)(C)C)[C@@H]3O[Si](C)(C)C(C)(C)C)OC(=O)c3ccccc3)C[C@]2(CI)O1. The molecule has 5 saturated heterocycles. The molecule has 0 bridgehead atoms. The molecule has 1 aromatic rings. The first-order chi connectivity index (χ1) is 38.9. The van der Waals surface area contributed by atoms with Crippen molar-refractivity contribution in [3.05, 3.63) is 60.2 Å². The number of benzene rings is 1. The van der Waals surface area contributed by atoms with Crippen LogP contribution in [0.3, 0.4) is 0 Å². The van der Waals surface area contributed by atoms with E-state index >= 15 is 0 Å². The molecular formula is C69H119IO11Si3. The van der Waals surface area contributed by atoms with Crippen LogP contribution in [-0.4, -0.2) is 126 Å². The summed E-state index contributed by atoms with van der Waals surface area (Å²) in [6.07, 6.45) is 11.9. The first-order valence-electron chi connectivity index (χ1n) is 33.0. The van der Waals surface area contributed by atoms with Gasteiger partial charge in [-0.2, -0.15) is 0 Å². The number of alkyl halides is 1. The average Bonchev–Trinajstić information content (AvgIpc) is 2.54. The molecule has 0 N–H and O–H groups in total. The molecule has 0 saturated carbocycles. The topological polar surface area (TPSA) is 117 Å². The van der Waals surface area contributed by atoms with Crippen molar-refractivity contribution in [2.24, 2.45) is 23.7 Å². The van der Waals surface area contributed by atoms with Crippen LogP contribution in [0.2, 0.25) is 54.4 Å². The Kier molecular flexibility index (Phi) is 25.2. The van der Waals surface area contributed by atoms with Gasteiger partial charge in [-0.3, -0.25) is 4.79 Å². The van der Waals surface area contributed by atoms with Gasteiger partial charge in [-0.05, 0) is 161 Å². The maximum Gasteiger partial charge on any atom is 0.338 e. The highest BCUT2D eigenvalue weighted by atomic mass is 127. The van der Waals surface area contributed by atoms with Gasteiger partial charge in [-0.15, -0.1) is 0 Å². The van der Waals surface area contributed by atoms with Crippen LogP contribution in [0, 0.1) is 23.7 Å². The molecule has 1 aromatic carbocycles. The highest BCUT2D eigenvalue weighted by Crippen LogP contribution is 2.49. The lowest BCUT2D eigenvalue weighted by molar-refractivity contribution is -0.266. The third-order valence-electron chi connectivity index (χ3n) is 21.6. The number of hydrogen-bond acceptors (Lipinski definition) is 11. The summed E-state index contributed by atoms with van der Waals surface area (Å²) < 4.78 is 66.5. The molecule has 11 nitrogen and oxygen atoms in total. The van der Waals surface area contributed by atoms with Gasteiger partial charge < -0.3 is 41.7 Å². The molecule has 0 amide bonds. The Morgan fingerprint density at radius 1 is 0.750 bits per heavy atom. The fourth-order valence-corrected chi connectivity index (χ4v) is 17.4. The minimum atomic E-state index is -2.60. The number of Topliss-reactive ketones (excluding diaryl/α,β-unsaturated/α-hetero) is 1. The number of halogens is 1. The number of allylic oxidation sites excluding steroid dienone is 1. The molecular weight excluding hydrogens is 1220 g/mol. The van der Waals surface area contributed by atoms with Gasteiger partial charge in [-0.25, -0.2) is 4.79 Å². The van der Waals surface area contributed by atoms with Gasteiger partial charge in [0.25, 0.3) is 0 Å². The first kappa shape index (κ1) is 72.0. The molecule has 84 heavy (non-hydrogen) atoms. The first-order valence-corrected chi connectivity index (χ1v) is 43.2. The number of esters is 1. The molecule has 5 aliphatic heterocycles. The molecule has 480 valence electrons. The predicted octanol–water partition coefficient (Wildman–Crippen LogP) is 17.8. The van der Waals surface area contributed by atoms with E-state index in [4.69, 9.17) is 41.7 Å². The number of carbonyl (C=O) groups is 2. The summed E-state index contributed by atoms with van der Waals surface area (Å²) in [6.45, 7) is 52.1. The monoisotopic (exact) mass is 1330 g/mol. The van der Waals surface area contributed by atoms with E-state index in [1.807, 2.05) is 30.3 Å². The van der Waals surface area contributed by atoms with Crippen LogP contribution in [-0.2, 0) is 46.5 Å². The van der Waals surface area contributed by atoms with E-state index in [0.717, 1.165) is 55.8 Å². The van der Waals surface area contributed by atoms with E-state index in [1.165, 1.54) is 5.57 Å². The van der Waals surface area contributed by atoms with Gasteiger partial charge in [0.1, 0.15) is 41.9 Å². The third-order valence-corrected chi connectivity index (χ3v) is 36.4. The Morgan fingerprint density at radius 3 is 1.95 bits per heavy atom. The van der Waals surface area contributed by atoms with Gasteiger partial charge in [0.2, 0.25) is 0 Å². The van der Waals surface area contributed by atoms with Gasteiger partial charge >= 0.3 is 5.97 Å². The largest absolute Gasteiger partial charge is 0.455 e. The van der Waals surface area contributed by atoms with E-state index in [1.54, 1.807) is 0 Å². The number of hydrogen-bond donors (Lipinski definition) is 0. The van der Waals surface area contributed by atoms with Crippen LogP contribution >= 0.6 is 22.6 Å². The molecule has 15 heteroatoms. The van der Waals surface area contributed by atoms with Gasteiger partial charge in [-0.1, -0.05) is 169 Å². The second kappa shape index (κ2) is 29.5. The average molecular weight is 1340 g/mol. The summed E-state index contributed by atoms with van der Waals surface area (Å²) in [4.78, 5) is 28.7. The molecule has 5 aliphatic rings. The van der Waals surface area contributed by atoms with Crippen molar-refractivity contribution in [2.45, 2.75) is 333 Å². The minimum Gasteiger partial charge on any atom is -0.455 e. The molecule has 5 heterocycles. The van der Waals surface area contributed by atoms with E-state index < -0.39 is 61.6 Å². The zero-order valence-electron chi connectivity index (χ0n) is 56.5. The molecule has 0 spiro atoms. The summed E-state index contributed by atoms with van der Waals surface area (Å²) in [6, 6.07) is 9.28. The zero-order valence-corrected chi connectivity index (χ0v) is 61.7. The number of ether oxygens (including phenoxy) is 6. The number of carbonyl (C=O) groups excluding carboxylic acids is 2. The van der Waals surface area contributed by atoms with Crippen LogP contribution in [0.4, 0.5) is 0 Å². The van der Waals surface area contributed by atoms with Crippen LogP contribution in [0.1, 0.15) is 204 Å². The summed E-state index contributed by atoms with van der Waals surface area (Å²) in [5, 5.41) is -0.445. The highest BCUT2D eigenvalue weighted by molar-refractivity contribution is 14.1. The van der Waals surface area contributed by atoms with Crippen molar-refractivity contribution in [2.75, 3.05) is 4.43 Å². The van der Waals surface area contributed by atoms with Crippen LogP contribution in [0.25, 0.3) is 0 Å². The highest BCUT2D eigenvalue weighted by Gasteiger charge is 2.59. The third kappa shape index (κ3) is 18.1. The van der Waals surface area contributed by atoms with E-state index in [0.29, 0.717) is 61.8 Å². The second-order valence-corrected chi connectivity index (χ2v) is 46.4. The number of fused-ring (bicyclic) bond motifs is 2. The standard InChI is InChI=1S/C69H119IO11Si3/c1-23-28-56-55(48(7)59(76-56)39-46(5)24-2)42-50(71)41-52-34-36-57-61(74-52)63(80-83(19,20)67(11,12)13)64(81-84(21,22)68(14,15)16)62(77-57)58(79-82(17,18)66(8,9)10)37-33-51(75-65(72)49-29-26-25-27-30-49)31-32-54-43-69(44-70)60(73-54)38-35-53(78-69)40-47(6)45(3)4/h25-27,29-30,33,37,46-48,51-64H,3,23-24,28,31-32,34-36,38-44H2,1-2,4-22H3/b37-33+/t46-,47-,48-,51?,52-,53-,54?,55-,56+,57+,58+,59-,60+,61+,62+,63+,64-,69-/m1/s1. The zero-order chi connectivity index (χ0) is 62.5. The van der Waals surface area contributed by atoms with Crippen LogP contribution < -0.4 is 0 Å². The summed E-state index contributed by atoms with van der Waals surface area (Å²) in [5.41, 5.74) is 1.34. The van der Waals surface area contributed by atoms with Crippen molar-refractivity contribution >= 4 is 59.3 Å². The van der Waals surface area contributed by atoms with Crippen LogP contribution in [0.15, 0.2) is 54.6 Å². The van der Waals surface area contributed by atoms with Crippen molar-refractivity contribution in [1.29, 1.82) is 0 Å². The van der Waals surface area contributed by atoms with Gasteiger partial charge in [0, 0.05) is 23.7 Å². The maximum atomic E-state index is 14.5. The Labute approximate surface area is 528 Å². The Hall–Kier alpha value is -1.10. The van der Waals surface area contributed by atoms with Crippen molar-refractivity contribution in [3.8, 4) is 0 Å². The molecule has 0 aromatic heterocycles. The Bertz CT molecular complexity index is 2310. The molecule has 0 radical (unpaired) electrons. The minimum absolute atomic E-state index is 0.0200. The van der Waals surface area contributed by atoms with E-state index in [9.17, 15) is 9.59 Å². The fraction of sp³-hybridized carbons (Fsp3) is 0.826. The van der Waals surface area contributed by atoms with Gasteiger partial charge in [0.05, 0.1) is 54.4 Å². The summed E-state index contributed by atoms with van der Waals surface area (Å²) in [5.74, 6) is 1.36. The Morgan fingerprint density at radius 2 is 1.37 bits per heavy atom. The lowest BCUT2D eigenvalue weighted by Gasteiger charge is -2.56. The molecule has 2 unspecified atom stereocenters. The molecule has 18 atom stereocenters. The molecule has 0 aliphatic carbocycles. The maximum absolute atomic E-state index is 14.5. The smallest absolute Gasteiger partial charge is 0.338 e. The van der Waals surface area contributed by atoms with Crippen molar-refractivity contribution in [3.63, 3.8) is 0 Å². The molecule has 5 fully saturated rings. The summed E-state index contributed by atoms with van der Waals surface area (Å²) >= 11 is 2.50. The predicted molar refractivity (Wildman–Crippen MR) is 359 cm³/mol. The van der Waals surface area contributed by atoms with Crippen molar-refractivity contribution < 1.29 is 51.3 Å². The second-order valence-electron chi connectivity index (χ2n) is 31.4. The lowest BCUT2D eigenvalue weighted by atomic mass is 9.80. The Balaban J connectivity index is 1.37. The van der Waals surface area contributed by atoms with E-state index in [2.05, 4.69) is 184 Å². The number of ketones is 1.